The van der Waals surface area contributed by atoms with Gasteiger partial charge in [0.1, 0.15) is 5.01 Å². The van der Waals surface area contributed by atoms with Crippen molar-refractivity contribution in [1.82, 2.24) is 14.8 Å². The molecule has 0 radical (unpaired) electrons. The standard InChI is InChI=1S/C24H26ClN3OS/c1-2-21(18-6-4-3-5-7-18)24(29)28-14-12-27(13-15-28)16-23-26-22(17-30-23)19-8-10-20(25)11-9-19/h3-11,17,21H,2,12-16H2,1H3. The molecule has 1 amide bonds. The zero-order valence-corrected chi connectivity index (χ0v) is 18.7. The Hall–Kier alpha value is -2.21. The van der Waals surface area contributed by atoms with E-state index in [4.69, 9.17) is 16.6 Å². The summed E-state index contributed by atoms with van der Waals surface area (Å²) in [6.45, 7) is 6.23. The summed E-state index contributed by atoms with van der Waals surface area (Å²) in [4.78, 5) is 22.3. The Kier molecular flexibility index (Phi) is 6.82. The Balaban J connectivity index is 1.32. The molecular formula is C24H26ClN3OS. The first kappa shape index (κ1) is 21.0. The fourth-order valence-corrected chi connectivity index (χ4v) is 4.88. The molecule has 156 valence electrons. The van der Waals surface area contributed by atoms with E-state index in [9.17, 15) is 4.79 Å². The van der Waals surface area contributed by atoms with E-state index in [-0.39, 0.29) is 11.8 Å². The number of rotatable bonds is 6. The summed E-state index contributed by atoms with van der Waals surface area (Å²) >= 11 is 7.67. The minimum absolute atomic E-state index is 0.0429. The van der Waals surface area contributed by atoms with Gasteiger partial charge in [-0.15, -0.1) is 11.3 Å². The minimum atomic E-state index is -0.0429. The number of amides is 1. The van der Waals surface area contributed by atoms with Crippen LogP contribution in [0.3, 0.4) is 0 Å². The summed E-state index contributed by atoms with van der Waals surface area (Å²) in [5.74, 6) is 0.210. The molecule has 2 aromatic carbocycles. The van der Waals surface area contributed by atoms with E-state index in [1.165, 1.54) is 0 Å². The third-order valence-corrected chi connectivity index (χ3v) is 6.73. The normalized spacial score (nSPS) is 15.9. The second-order valence-corrected chi connectivity index (χ2v) is 8.99. The fourth-order valence-electron chi connectivity index (χ4n) is 3.91. The number of aromatic nitrogens is 1. The number of benzene rings is 2. The molecule has 0 bridgehead atoms. The molecule has 2 heterocycles. The molecule has 1 unspecified atom stereocenters. The van der Waals surface area contributed by atoms with Crippen molar-refractivity contribution in [3.63, 3.8) is 0 Å². The van der Waals surface area contributed by atoms with Gasteiger partial charge in [-0.25, -0.2) is 4.98 Å². The number of halogens is 1. The van der Waals surface area contributed by atoms with E-state index < -0.39 is 0 Å². The Bertz CT molecular complexity index is 966. The van der Waals surface area contributed by atoms with Gasteiger partial charge >= 0.3 is 0 Å². The van der Waals surface area contributed by atoms with Gasteiger partial charge < -0.3 is 4.90 Å². The highest BCUT2D eigenvalue weighted by Crippen LogP contribution is 2.25. The molecule has 1 aromatic heterocycles. The molecule has 3 aromatic rings. The summed E-state index contributed by atoms with van der Waals surface area (Å²) < 4.78 is 0. The second kappa shape index (κ2) is 9.73. The number of hydrogen-bond acceptors (Lipinski definition) is 4. The van der Waals surface area contributed by atoms with E-state index in [2.05, 4.69) is 29.3 Å². The number of thiazole rings is 1. The largest absolute Gasteiger partial charge is 0.340 e. The highest BCUT2D eigenvalue weighted by molar-refractivity contribution is 7.09. The maximum Gasteiger partial charge on any atom is 0.230 e. The maximum absolute atomic E-state index is 13.1. The molecule has 1 fully saturated rings. The molecule has 30 heavy (non-hydrogen) atoms. The van der Waals surface area contributed by atoms with Gasteiger partial charge in [-0.2, -0.15) is 0 Å². The lowest BCUT2D eigenvalue weighted by atomic mass is 9.95. The Morgan fingerprint density at radius 2 is 1.77 bits per heavy atom. The van der Waals surface area contributed by atoms with Crippen LogP contribution in [-0.4, -0.2) is 46.9 Å². The van der Waals surface area contributed by atoms with Crippen molar-refractivity contribution in [3.05, 3.63) is 75.6 Å². The van der Waals surface area contributed by atoms with Crippen LogP contribution in [0.2, 0.25) is 5.02 Å². The van der Waals surface area contributed by atoms with Crippen LogP contribution in [-0.2, 0) is 11.3 Å². The topological polar surface area (TPSA) is 36.4 Å². The van der Waals surface area contributed by atoms with Gasteiger partial charge in [-0.1, -0.05) is 61.0 Å². The molecule has 4 nitrogen and oxygen atoms in total. The number of carbonyl (C=O) groups is 1. The fraction of sp³-hybridized carbons (Fsp3) is 0.333. The lowest BCUT2D eigenvalue weighted by molar-refractivity contribution is -0.134. The predicted octanol–water partition coefficient (Wildman–Crippen LogP) is 5.30. The number of carbonyl (C=O) groups excluding carboxylic acids is 1. The summed E-state index contributed by atoms with van der Waals surface area (Å²) in [6.07, 6.45) is 0.829. The average molecular weight is 440 g/mol. The highest BCUT2D eigenvalue weighted by atomic mass is 35.5. The van der Waals surface area contributed by atoms with Crippen molar-refractivity contribution in [2.24, 2.45) is 0 Å². The van der Waals surface area contributed by atoms with Crippen molar-refractivity contribution in [2.75, 3.05) is 26.2 Å². The monoisotopic (exact) mass is 439 g/mol. The first-order chi connectivity index (χ1) is 14.6. The smallest absolute Gasteiger partial charge is 0.230 e. The van der Waals surface area contributed by atoms with Gasteiger partial charge in [-0.05, 0) is 24.1 Å². The van der Waals surface area contributed by atoms with Gasteiger partial charge in [0, 0.05) is 42.1 Å². The van der Waals surface area contributed by atoms with Crippen molar-refractivity contribution < 1.29 is 4.79 Å². The first-order valence-electron chi connectivity index (χ1n) is 10.4. The van der Waals surface area contributed by atoms with Crippen LogP contribution in [0, 0.1) is 0 Å². The number of piperazine rings is 1. The second-order valence-electron chi connectivity index (χ2n) is 7.61. The minimum Gasteiger partial charge on any atom is -0.340 e. The average Bonchev–Trinajstić information content (AvgIpc) is 3.24. The quantitative estimate of drug-likeness (QED) is 0.522. The number of nitrogens with zero attached hydrogens (tertiary/aromatic N) is 3. The molecule has 6 heteroatoms. The zero-order valence-electron chi connectivity index (χ0n) is 17.1. The molecule has 4 rings (SSSR count). The third kappa shape index (κ3) is 4.91. The summed E-state index contributed by atoms with van der Waals surface area (Å²) in [7, 11) is 0. The van der Waals surface area contributed by atoms with Crippen LogP contribution in [0.1, 0.15) is 29.8 Å². The van der Waals surface area contributed by atoms with Gasteiger partial charge in [0.05, 0.1) is 18.2 Å². The zero-order chi connectivity index (χ0) is 20.9. The molecule has 0 aliphatic carbocycles. The summed E-state index contributed by atoms with van der Waals surface area (Å²) in [5.41, 5.74) is 3.20. The van der Waals surface area contributed by atoms with Crippen LogP contribution in [0.5, 0.6) is 0 Å². The van der Waals surface area contributed by atoms with E-state index in [0.717, 1.165) is 66.0 Å². The first-order valence-corrected chi connectivity index (χ1v) is 11.7. The summed E-state index contributed by atoms with van der Waals surface area (Å²) in [6, 6.07) is 17.9. The van der Waals surface area contributed by atoms with Crippen LogP contribution < -0.4 is 0 Å². The van der Waals surface area contributed by atoms with Crippen LogP contribution >= 0.6 is 22.9 Å². The van der Waals surface area contributed by atoms with Crippen LogP contribution in [0.25, 0.3) is 11.3 Å². The SMILES string of the molecule is CCC(C(=O)N1CCN(Cc2nc(-c3ccc(Cl)cc3)cs2)CC1)c1ccccc1. The lowest BCUT2D eigenvalue weighted by Crippen LogP contribution is -2.49. The molecular weight excluding hydrogens is 414 g/mol. The molecule has 1 aliphatic heterocycles. The molecule has 0 spiro atoms. The van der Waals surface area contributed by atoms with E-state index >= 15 is 0 Å². The van der Waals surface area contributed by atoms with Crippen LogP contribution in [0.15, 0.2) is 60.0 Å². The van der Waals surface area contributed by atoms with Gasteiger partial charge in [-0.3, -0.25) is 9.69 Å². The Morgan fingerprint density at radius 1 is 1.07 bits per heavy atom. The molecule has 0 N–H and O–H groups in total. The molecule has 1 aliphatic rings. The maximum atomic E-state index is 13.1. The summed E-state index contributed by atoms with van der Waals surface area (Å²) in [5, 5.41) is 3.94. The van der Waals surface area contributed by atoms with Gasteiger partial charge in [0.25, 0.3) is 0 Å². The van der Waals surface area contributed by atoms with Crippen molar-refractivity contribution in [1.29, 1.82) is 0 Å². The van der Waals surface area contributed by atoms with E-state index in [1.807, 2.05) is 47.4 Å². The van der Waals surface area contributed by atoms with E-state index in [1.54, 1.807) is 11.3 Å². The van der Waals surface area contributed by atoms with Crippen molar-refractivity contribution in [3.8, 4) is 11.3 Å². The third-order valence-electron chi connectivity index (χ3n) is 5.64. The van der Waals surface area contributed by atoms with Crippen LogP contribution in [0.4, 0.5) is 0 Å². The highest BCUT2D eigenvalue weighted by Gasteiger charge is 2.27. The molecule has 1 saturated heterocycles. The van der Waals surface area contributed by atoms with Gasteiger partial charge in [0.2, 0.25) is 5.91 Å². The van der Waals surface area contributed by atoms with Crippen molar-refractivity contribution in [2.45, 2.75) is 25.8 Å². The van der Waals surface area contributed by atoms with Gasteiger partial charge in [0.15, 0.2) is 0 Å². The molecule has 0 saturated carbocycles. The number of hydrogen-bond donors (Lipinski definition) is 0. The molecule has 1 atom stereocenters. The Morgan fingerprint density at radius 3 is 2.43 bits per heavy atom. The van der Waals surface area contributed by atoms with Crippen molar-refractivity contribution >= 4 is 28.8 Å². The lowest BCUT2D eigenvalue weighted by Gasteiger charge is -2.36. The van der Waals surface area contributed by atoms with E-state index in [0.29, 0.717) is 0 Å². The predicted molar refractivity (Wildman–Crippen MR) is 124 cm³/mol. The Labute approximate surface area is 187 Å².